The van der Waals surface area contributed by atoms with E-state index in [1.54, 1.807) is 22.7 Å². The number of aromatic nitrogens is 4. The van der Waals surface area contributed by atoms with E-state index in [4.69, 9.17) is 4.74 Å². The first-order valence-electron chi connectivity index (χ1n) is 9.88. The number of imidazole rings is 1. The smallest absolute Gasteiger partial charge is 0.377 e. The Bertz CT molecular complexity index is 1140. The SMILES string of the molecule is Cn1cnc(C(=O)N2CCOCC2CNC(=O)c2ccc(-c3noc(C(F)(F)F)n3)cc2)c1. The zero-order valence-electron chi connectivity index (χ0n) is 17.4. The fraction of sp³-hybridized carbons (Fsp3) is 0.350. The highest BCUT2D eigenvalue weighted by Gasteiger charge is 2.38. The van der Waals surface area contributed by atoms with Crippen LogP contribution in [0.2, 0.25) is 0 Å². The monoisotopic (exact) mass is 464 g/mol. The number of nitrogens with one attached hydrogen (secondary N) is 1. The predicted octanol–water partition coefficient (Wildman–Crippen LogP) is 1.76. The number of rotatable bonds is 5. The summed E-state index contributed by atoms with van der Waals surface area (Å²) in [6.07, 6.45) is -1.58. The van der Waals surface area contributed by atoms with Gasteiger partial charge in [-0.2, -0.15) is 18.2 Å². The van der Waals surface area contributed by atoms with E-state index in [1.807, 2.05) is 0 Å². The van der Waals surface area contributed by atoms with E-state index in [1.165, 1.54) is 30.6 Å². The summed E-state index contributed by atoms with van der Waals surface area (Å²) in [5.41, 5.74) is 0.845. The predicted molar refractivity (Wildman–Crippen MR) is 106 cm³/mol. The van der Waals surface area contributed by atoms with Crippen molar-refractivity contribution >= 4 is 11.8 Å². The first-order chi connectivity index (χ1) is 15.7. The van der Waals surface area contributed by atoms with Crippen molar-refractivity contribution in [3.63, 3.8) is 0 Å². The molecule has 0 bridgehead atoms. The molecule has 0 spiro atoms. The largest absolute Gasteiger partial charge is 0.471 e. The van der Waals surface area contributed by atoms with Gasteiger partial charge in [-0.05, 0) is 12.1 Å². The van der Waals surface area contributed by atoms with Gasteiger partial charge in [0, 0.05) is 37.5 Å². The molecule has 10 nitrogen and oxygen atoms in total. The number of carbonyl (C=O) groups excluding carboxylic acids is 2. The highest BCUT2D eigenvalue weighted by molar-refractivity contribution is 5.95. The van der Waals surface area contributed by atoms with E-state index in [9.17, 15) is 22.8 Å². The molecular formula is C20H19F3N6O4. The van der Waals surface area contributed by atoms with Crippen LogP contribution < -0.4 is 5.32 Å². The Morgan fingerprint density at radius 3 is 2.64 bits per heavy atom. The third kappa shape index (κ3) is 5.03. The quantitative estimate of drug-likeness (QED) is 0.612. The average Bonchev–Trinajstić information content (AvgIpc) is 3.47. The normalized spacial score (nSPS) is 16.6. The Morgan fingerprint density at radius 1 is 1.24 bits per heavy atom. The third-order valence-corrected chi connectivity index (χ3v) is 4.98. The number of aryl methyl sites for hydroxylation is 1. The fourth-order valence-corrected chi connectivity index (χ4v) is 3.30. The molecule has 1 aliphatic heterocycles. The molecule has 1 N–H and O–H groups in total. The lowest BCUT2D eigenvalue weighted by atomic mass is 10.1. The molecule has 1 unspecified atom stereocenters. The fourth-order valence-electron chi connectivity index (χ4n) is 3.30. The molecule has 3 aromatic rings. The molecule has 1 fully saturated rings. The standard InChI is InChI=1S/C20H19F3N6O4/c1-28-9-15(25-11-28)18(31)29-6-7-32-10-14(29)8-24-17(30)13-4-2-12(3-5-13)16-26-19(33-27-16)20(21,22)23/h2-5,9,11,14H,6-8,10H2,1H3,(H,24,30). The minimum atomic E-state index is -4.74. The van der Waals surface area contributed by atoms with Crippen LogP contribution in [0.5, 0.6) is 0 Å². The molecule has 3 heterocycles. The number of hydrogen-bond acceptors (Lipinski definition) is 7. The third-order valence-electron chi connectivity index (χ3n) is 4.98. The summed E-state index contributed by atoms with van der Waals surface area (Å²) in [4.78, 5) is 34.3. The van der Waals surface area contributed by atoms with Gasteiger partial charge in [-0.3, -0.25) is 9.59 Å². The van der Waals surface area contributed by atoms with Gasteiger partial charge in [0.2, 0.25) is 5.82 Å². The summed E-state index contributed by atoms with van der Waals surface area (Å²) >= 11 is 0. The lowest BCUT2D eigenvalue weighted by Gasteiger charge is -2.35. The molecule has 33 heavy (non-hydrogen) atoms. The Morgan fingerprint density at radius 2 is 2.00 bits per heavy atom. The van der Waals surface area contributed by atoms with Crippen molar-refractivity contribution in [3.8, 4) is 11.4 Å². The second-order valence-electron chi connectivity index (χ2n) is 7.36. The molecular weight excluding hydrogens is 445 g/mol. The van der Waals surface area contributed by atoms with Crippen molar-refractivity contribution in [2.24, 2.45) is 7.05 Å². The summed E-state index contributed by atoms with van der Waals surface area (Å²) < 4.78 is 49.2. The van der Waals surface area contributed by atoms with Crippen molar-refractivity contribution in [3.05, 3.63) is 53.9 Å². The number of ether oxygens (including phenoxy) is 1. The second-order valence-corrected chi connectivity index (χ2v) is 7.36. The van der Waals surface area contributed by atoms with Gasteiger partial charge in [-0.1, -0.05) is 17.3 Å². The highest BCUT2D eigenvalue weighted by Crippen LogP contribution is 2.29. The Hall–Kier alpha value is -3.74. The number of amides is 2. The van der Waals surface area contributed by atoms with Gasteiger partial charge in [-0.15, -0.1) is 0 Å². The van der Waals surface area contributed by atoms with Crippen molar-refractivity contribution in [1.82, 2.24) is 29.9 Å². The molecule has 1 atom stereocenters. The molecule has 1 aromatic carbocycles. The minimum Gasteiger partial charge on any atom is -0.377 e. The average molecular weight is 464 g/mol. The second kappa shape index (κ2) is 9.02. The summed E-state index contributed by atoms with van der Waals surface area (Å²) in [6.45, 7) is 1.17. The van der Waals surface area contributed by atoms with Crippen LogP contribution >= 0.6 is 0 Å². The molecule has 2 aromatic heterocycles. The molecule has 4 rings (SSSR count). The van der Waals surface area contributed by atoms with Crippen LogP contribution in [0.3, 0.4) is 0 Å². The number of benzene rings is 1. The van der Waals surface area contributed by atoms with Crippen molar-refractivity contribution in [2.75, 3.05) is 26.3 Å². The maximum absolute atomic E-state index is 12.8. The van der Waals surface area contributed by atoms with Crippen molar-refractivity contribution in [1.29, 1.82) is 0 Å². The number of halogens is 3. The topological polar surface area (TPSA) is 115 Å². The van der Waals surface area contributed by atoms with E-state index in [-0.39, 0.29) is 42.1 Å². The summed E-state index contributed by atoms with van der Waals surface area (Å²) in [5, 5.41) is 6.07. The van der Waals surface area contributed by atoms with E-state index in [2.05, 4.69) is 25.0 Å². The number of carbonyl (C=O) groups is 2. The van der Waals surface area contributed by atoms with Gasteiger partial charge in [0.05, 0.1) is 25.6 Å². The molecule has 0 aliphatic carbocycles. The summed E-state index contributed by atoms with van der Waals surface area (Å²) in [7, 11) is 1.76. The molecule has 1 aliphatic rings. The minimum absolute atomic E-state index is 0.152. The lowest BCUT2D eigenvalue weighted by Crippen LogP contribution is -2.53. The lowest BCUT2D eigenvalue weighted by molar-refractivity contribution is -0.159. The van der Waals surface area contributed by atoms with Gasteiger partial charge in [-0.25, -0.2) is 4.98 Å². The molecule has 0 saturated carbocycles. The van der Waals surface area contributed by atoms with Gasteiger partial charge in [0.1, 0.15) is 5.69 Å². The summed E-state index contributed by atoms with van der Waals surface area (Å²) in [6, 6.07) is 5.32. The zero-order valence-corrected chi connectivity index (χ0v) is 17.4. The zero-order chi connectivity index (χ0) is 23.6. The van der Waals surface area contributed by atoms with Crippen LogP contribution in [0, 0.1) is 0 Å². The van der Waals surface area contributed by atoms with E-state index in [0.717, 1.165) is 0 Å². The van der Waals surface area contributed by atoms with Crippen molar-refractivity contribution in [2.45, 2.75) is 12.2 Å². The molecule has 0 radical (unpaired) electrons. The maximum Gasteiger partial charge on any atom is 0.471 e. The molecule has 1 saturated heterocycles. The van der Waals surface area contributed by atoms with Crippen LogP contribution in [0.15, 0.2) is 41.3 Å². The van der Waals surface area contributed by atoms with Crippen LogP contribution in [0.4, 0.5) is 13.2 Å². The molecule has 13 heteroatoms. The Balaban J connectivity index is 1.38. The number of alkyl halides is 3. The van der Waals surface area contributed by atoms with Gasteiger partial charge in [0.15, 0.2) is 0 Å². The van der Waals surface area contributed by atoms with E-state index >= 15 is 0 Å². The summed E-state index contributed by atoms with van der Waals surface area (Å²) in [5.74, 6) is -2.35. The van der Waals surface area contributed by atoms with Crippen LogP contribution in [0.25, 0.3) is 11.4 Å². The molecule has 2 amide bonds. The highest BCUT2D eigenvalue weighted by atomic mass is 19.4. The first-order valence-corrected chi connectivity index (χ1v) is 9.88. The van der Waals surface area contributed by atoms with Gasteiger partial charge < -0.3 is 24.0 Å². The Kier molecular flexibility index (Phi) is 6.14. The van der Waals surface area contributed by atoms with Gasteiger partial charge in [0.25, 0.3) is 11.8 Å². The first kappa shape index (κ1) is 22.5. The van der Waals surface area contributed by atoms with Crippen LogP contribution in [-0.4, -0.2) is 68.8 Å². The number of morpholine rings is 1. The number of hydrogen-bond donors (Lipinski definition) is 1. The maximum atomic E-state index is 12.8. The number of nitrogens with zero attached hydrogens (tertiary/aromatic N) is 5. The Labute approximate surface area is 185 Å². The molecule has 174 valence electrons. The van der Waals surface area contributed by atoms with Crippen LogP contribution in [-0.2, 0) is 18.0 Å². The van der Waals surface area contributed by atoms with E-state index < -0.39 is 18.0 Å². The van der Waals surface area contributed by atoms with Crippen molar-refractivity contribution < 1.29 is 32.0 Å². The van der Waals surface area contributed by atoms with E-state index in [0.29, 0.717) is 18.8 Å². The van der Waals surface area contributed by atoms with Crippen LogP contribution in [0.1, 0.15) is 26.7 Å². The van der Waals surface area contributed by atoms with Gasteiger partial charge >= 0.3 is 12.1 Å².